The zero-order chi connectivity index (χ0) is 26.0. The Morgan fingerprint density at radius 3 is 2.46 bits per heavy atom. The number of aliphatic hydroxyl groups is 1. The Kier molecular flexibility index (Phi) is 8.86. The van der Waals surface area contributed by atoms with E-state index in [4.69, 9.17) is 19.6 Å². The van der Waals surface area contributed by atoms with Crippen molar-refractivity contribution < 1.29 is 24.1 Å². The van der Waals surface area contributed by atoms with E-state index in [1.165, 1.54) is 9.20 Å². The van der Waals surface area contributed by atoms with E-state index in [-0.39, 0.29) is 49.0 Å². The third kappa shape index (κ3) is 5.60. The first-order chi connectivity index (χ1) is 17.2. The van der Waals surface area contributed by atoms with Gasteiger partial charge in [0.1, 0.15) is 13.2 Å². The molecule has 2 heterocycles. The van der Waals surface area contributed by atoms with Gasteiger partial charge in [-0.1, -0.05) is 20.8 Å². The standard InChI is InChI=1S/C26H35N5O5.ClH/c1-6-35-24-18-10-8-7-9-17(18)23-28-30(25(27)31(23)29-24)15-20(33)16-13-19(26(2,3)4)22(34-5)21(14-16)36-12-11-32;/h13-14,27,32H,6-12,15H2,1-5H3;1H. The number of ether oxygens (including phenoxy) is 3. The van der Waals surface area contributed by atoms with Gasteiger partial charge < -0.3 is 19.3 Å². The molecule has 4 rings (SSSR count). The molecule has 0 bridgehead atoms. The lowest BCUT2D eigenvalue weighted by Crippen LogP contribution is -2.27. The summed E-state index contributed by atoms with van der Waals surface area (Å²) in [5.41, 5.74) is 3.61. The largest absolute Gasteiger partial charge is 0.493 e. The number of fused-ring (bicyclic) bond motifs is 3. The molecule has 3 aromatic rings. The van der Waals surface area contributed by atoms with Crippen LogP contribution in [0.15, 0.2) is 12.1 Å². The normalized spacial score (nSPS) is 13.1. The predicted octanol–water partition coefficient (Wildman–Crippen LogP) is 3.27. The fourth-order valence-corrected chi connectivity index (χ4v) is 4.62. The highest BCUT2D eigenvalue weighted by atomic mass is 35.5. The van der Waals surface area contributed by atoms with E-state index in [2.05, 4.69) is 10.2 Å². The van der Waals surface area contributed by atoms with Crippen molar-refractivity contribution in [3.05, 3.63) is 40.0 Å². The molecule has 10 nitrogen and oxygen atoms in total. The molecule has 0 unspecified atom stereocenters. The maximum Gasteiger partial charge on any atom is 0.242 e. The maximum atomic E-state index is 13.5. The molecule has 1 aromatic carbocycles. The highest BCUT2D eigenvalue weighted by Crippen LogP contribution is 2.40. The van der Waals surface area contributed by atoms with Gasteiger partial charge in [0.05, 0.1) is 20.3 Å². The molecular formula is C26H36ClN5O5. The summed E-state index contributed by atoms with van der Waals surface area (Å²) in [5.74, 6) is 1.25. The lowest BCUT2D eigenvalue weighted by molar-refractivity contribution is 0.0964. The van der Waals surface area contributed by atoms with E-state index in [1.807, 2.05) is 27.7 Å². The summed E-state index contributed by atoms with van der Waals surface area (Å²) in [4.78, 5) is 13.5. The number of rotatable bonds is 9. The van der Waals surface area contributed by atoms with E-state index < -0.39 is 0 Å². The number of nitrogens with zero attached hydrogens (tertiary/aromatic N) is 4. The lowest BCUT2D eigenvalue weighted by atomic mass is 9.84. The zero-order valence-corrected chi connectivity index (χ0v) is 22.9. The summed E-state index contributed by atoms with van der Waals surface area (Å²) in [6.07, 6.45) is 3.80. The molecule has 0 aliphatic heterocycles. The fraction of sp³-hybridized carbons (Fsp3) is 0.538. The number of carbonyl (C=O) groups excluding carboxylic acids is 1. The van der Waals surface area contributed by atoms with E-state index in [1.54, 1.807) is 19.2 Å². The van der Waals surface area contributed by atoms with Gasteiger partial charge in [-0.3, -0.25) is 10.2 Å². The van der Waals surface area contributed by atoms with Crippen LogP contribution in [-0.2, 0) is 24.8 Å². The van der Waals surface area contributed by atoms with Crippen molar-refractivity contribution in [2.75, 3.05) is 26.9 Å². The van der Waals surface area contributed by atoms with Crippen molar-refractivity contribution in [3.8, 4) is 17.4 Å². The van der Waals surface area contributed by atoms with Crippen molar-refractivity contribution in [2.45, 2.75) is 65.3 Å². The van der Waals surface area contributed by atoms with Crippen LogP contribution < -0.4 is 19.8 Å². The number of methoxy groups -OCH3 is 1. The summed E-state index contributed by atoms with van der Waals surface area (Å²) in [5, 5.41) is 27.1. The highest BCUT2D eigenvalue weighted by molar-refractivity contribution is 5.97. The van der Waals surface area contributed by atoms with Crippen molar-refractivity contribution >= 4 is 23.8 Å². The first-order valence-electron chi connectivity index (χ1n) is 12.4. The van der Waals surface area contributed by atoms with Crippen LogP contribution >= 0.6 is 12.4 Å². The molecule has 37 heavy (non-hydrogen) atoms. The molecule has 0 saturated carbocycles. The maximum absolute atomic E-state index is 13.5. The second kappa shape index (κ2) is 11.5. The van der Waals surface area contributed by atoms with E-state index in [0.29, 0.717) is 35.2 Å². The Morgan fingerprint density at radius 1 is 1.14 bits per heavy atom. The predicted molar refractivity (Wildman–Crippen MR) is 140 cm³/mol. The summed E-state index contributed by atoms with van der Waals surface area (Å²) in [6.45, 7) is 8.27. The minimum atomic E-state index is -0.325. The molecule has 1 aliphatic carbocycles. The molecule has 0 atom stereocenters. The van der Waals surface area contributed by atoms with E-state index in [9.17, 15) is 9.90 Å². The molecule has 11 heteroatoms. The Morgan fingerprint density at radius 2 is 1.84 bits per heavy atom. The lowest BCUT2D eigenvalue weighted by Gasteiger charge is -2.25. The van der Waals surface area contributed by atoms with Crippen LogP contribution in [0, 0.1) is 5.41 Å². The number of nitrogens with one attached hydrogen (secondary N) is 1. The molecule has 0 fully saturated rings. The molecule has 202 valence electrons. The van der Waals surface area contributed by atoms with Gasteiger partial charge in [-0.05, 0) is 50.2 Å². The first kappa shape index (κ1) is 28.5. The SMILES string of the molecule is CCOc1nn2c(=N)n(CC(=O)c3cc(OCCO)c(OC)c(C(C)(C)C)c3)nc2c2c1CCCC2.Cl. The molecule has 0 radical (unpaired) electrons. The topological polar surface area (TPSA) is 124 Å². The smallest absolute Gasteiger partial charge is 0.242 e. The van der Waals surface area contributed by atoms with Gasteiger partial charge in [-0.15, -0.1) is 22.6 Å². The quantitative estimate of drug-likeness (QED) is 0.404. The Hall–Kier alpha value is -3.11. The number of hydrogen-bond acceptors (Lipinski definition) is 8. The Balaban J connectivity index is 0.00000380. The summed E-state index contributed by atoms with van der Waals surface area (Å²) in [6, 6.07) is 3.43. The van der Waals surface area contributed by atoms with Crippen molar-refractivity contribution in [3.63, 3.8) is 0 Å². The molecule has 0 saturated heterocycles. The fourth-order valence-electron chi connectivity index (χ4n) is 4.62. The van der Waals surface area contributed by atoms with E-state index in [0.717, 1.165) is 42.4 Å². The average Bonchev–Trinajstić information content (AvgIpc) is 3.16. The second-order valence-corrected chi connectivity index (χ2v) is 9.92. The third-order valence-corrected chi connectivity index (χ3v) is 6.36. The van der Waals surface area contributed by atoms with Crippen LogP contribution in [0.1, 0.15) is 67.6 Å². The Labute approximate surface area is 222 Å². The number of hydrogen-bond donors (Lipinski definition) is 2. The van der Waals surface area contributed by atoms with Gasteiger partial charge in [0, 0.05) is 22.3 Å². The monoisotopic (exact) mass is 533 g/mol. The van der Waals surface area contributed by atoms with Gasteiger partial charge in [0.2, 0.25) is 11.5 Å². The zero-order valence-electron chi connectivity index (χ0n) is 22.1. The van der Waals surface area contributed by atoms with Crippen LogP contribution in [0.3, 0.4) is 0 Å². The number of aliphatic hydroxyl groups excluding tert-OH is 1. The molecular weight excluding hydrogens is 498 g/mol. The summed E-state index contributed by atoms with van der Waals surface area (Å²) in [7, 11) is 1.56. The molecule has 0 amide bonds. The van der Waals surface area contributed by atoms with Crippen molar-refractivity contribution in [2.24, 2.45) is 0 Å². The van der Waals surface area contributed by atoms with Crippen LogP contribution in [0.2, 0.25) is 0 Å². The number of aromatic nitrogens is 4. The number of aryl methyl sites for hydroxylation is 1. The summed E-state index contributed by atoms with van der Waals surface area (Å²) < 4.78 is 19.9. The number of Topliss-reactive ketones (excluding diaryl/α,β-unsaturated/α-hetero) is 1. The summed E-state index contributed by atoms with van der Waals surface area (Å²) >= 11 is 0. The van der Waals surface area contributed by atoms with Gasteiger partial charge in [-0.2, -0.15) is 4.52 Å². The van der Waals surface area contributed by atoms with E-state index >= 15 is 0 Å². The molecule has 2 N–H and O–H groups in total. The van der Waals surface area contributed by atoms with Crippen molar-refractivity contribution in [1.82, 2.24) is 19.4 Å². The number of carbonyl (C=O) groups is 1. The molecule has 2 aromatic heterocycles. The first-order valence-corrected chi connectivity index (χ1v) is 12.4. The van der Waals surface area contributed by atoms with Gasteiger partial charge >= 0.3 is 0 Å². The van der Waals surface area contributed by atoms with Crippen LogP contribution in [0.25, 0.3) is 5.65 Å². The number of benzene rings is 1. The van der Waals surface area contributed by atoms with Gasteiger partial charge in [0.15, 0.2) is 22.9 Å². The molecule has 0 spiro atoms. The van der Waals surface area contributed by atoms with Crippen LogP contribution in [0.4, 0.5) is 0 Å². The Bertz CT molecular complexity index is 1340. The highest BCUT2D eigenvalue weighted by Gasteiger charge is 2.26. The minimum absolute atomic E-state index is 0. The van der Waals surface area contributed by atoms with Gasteiger partial charge in [0.25, 0.3) is 0 Å². The van der Waals surface area contributed by atoms with Crippen LogP contribution in [-0.4, -0.2) is 57.2 Å². The minimum Gasteiger partial charge on any atom is -0.493 e. The number of ketones is 1. The average molecular weight is 534 g/mol. The second-order valence-electron chi connectivity index (χ2n) is 9.92. The number of halogens is 1. The van der Waals surface area contributed by atoms with Crippen LogP contribution in [0.5, 0.6) is 17.4 Å². The third-order valence-electron chi connectivity index (χ3n) is 6.36. The van der Waals surface area contributed by atoms with Crippen molar-refractivity contribution in [1.29, 1.82) is 5.41 Å². The van der Waals surface area contributed by atoms with Gasteiger partial charge in [-0.25, -0.2) is 4.68 Å². The molecule has 1 aliphatic rings.